The van der Waals surface area contributed by atoms with E-state index in [0.717, 1.165) is 28.1 Å². The molecule has 34 heavy (non-hydrogen) atoms. The SMILES string of the molecule is O=C(Nc1nc(-c2ccccc2)cn1-c1ccccc1)c1ccc(C#Cc2ccccc2)cc1. The lowest BCUT2D eigenvalue weighted by Crippen LogP contribution is -2.15. The number of anilines is 1. The Hall–Kier alpha value is -4.88. The van der Waals surface area contributed by atoms with Crippen molar-refractivity contribution in [3.8, 4) is 28.8 Å². The minimum atomic E-state index is -0.232. The maximum atomic E-state index is 13.0. The number of hydrogen-bond donors (Lipinski definition) is 1. The van der Waals surface area contributed by atoms with Gasteiger partial charge in [-0.15, -0.1) is 0 Å². The second-order valence-electron chi connectivity index (χ2n) is 7.67. The van der Waals surface area contributed by atoms with Gasteiger partial charge in [0.15, 0.2) is 0 Å². The van der Waals surface area contributed by atoms with E-state index in [1.54, 1.807) is 12.1 Å². The van der Waals surface area contributed by atoms with E-state index in [1.165, 1.54) is 0 Å². The topological polar surface area (TPSA) is 46.9 Å². The van der Waals surface area contributed by atoms with Crippen LogP contribution in [0.4, 0.5) is 5.95 Å². The monoisotopic (exact) mass is 439 g/mol. The Balaban J connectivity index is 1.40. The van der Waals surface area contributed by atoms with Gasteiger partial charge in [0.2, 0.25) is 5.95 Å². The summed E-state index contributed by atoms with van der Waals surface area (Å²) in [4.78, 5) is 17.7. The third-order valence-electron chi connectivity index (χ3n) is 5.31. The molecule has 0 aliphatic rings. The molecule has 1 amide bonds. The van der Waals surface area contributed by atoms with E-state index in [9.17, 15) is 4.79 Å². The number of benzene rings is 4. The number of imidazole rings is 1. The van der Waals surface area contributed by atoms with Crippen LogP contribution in [0.15, 0.2) is 121 Å². The Bertz CT molecular complexity index is 1460. The van der Waals surface area contributed by atoms with Crippen LogP contribution in [0, 0.1) is 11.8 Å². The standard InChI is InChI=1S/C30H21N3O/c34-29(26-20-18-24(19-21-26)17-16-23-10-4-1-5-11-23)32-30-31-28(25-12-6-2-7-13-25)22-33(30)27-14-8-3-9-15-27/h1-15,18-22H,(H,31,32,34). The third kappa shape index (κ3) is 4.79. The molecule has 4 nitrogen and oxygen atoms in total. The Morgan fingerprint density at radius 3 is 1.88 bits per heavy atom. The zero-order chi connectivity index (χ0) is 23.2. The summed E-state index contributed by atoms with van der Waals surface area (Å²) in [5.74, 6) is 6.49. The molecule has 1 aromatic heterocycles. The molecule has 0 aliphatic carbocycles. The van der Waals surface area contributed by atoms with Crippen LogP contribution < -0.4 is 5.32 Å². The normalized spacial score (nSPS) is 10.2. The second-order valence-corrected chi connectivity index (χ2v) is 7.67. The van der Waals surface area contributed by atoms with E-state index in [4.69, 9.17) is 4.98 Å². The first kappa shape index (κ1) is 21.0. The Morgan fingerprint density at radius 1 is 0.676 bits per heavy atom. The quantitative estimate of drug-likeness (QED) is 0.339. The van der Waals surface area contributed by atoms with Crippen molar-refractivity contribution in [1.82, 2.24) is 9.55 Å². The Labute approximate surface area is 198 Å². The molecule has 0 atom stereocenters. The second kappa shape index (κ2) is 9.72. The van der Waals surface area contributed by atoms with E-state index in [-0.39, 0.29) is 5.91 Å². The van der Waals surface area contributed by atoms with Crippen molar-refractivity contribution in [1.29, 1.82) is 0 Å². The van der Waals surface area contributed by atoms with Crippen LogP contribution in [0.25, 0.3) is 16.9 Å². The molecule has 4 aromatic carbocycles. The number of aromatic nitrogens is 2. The lowest BCUT2D eigenvalue weighted by molar-refractivity contribution is 0.102. The molecule has 1 heterocycles. The molecule has 0 saturated heterocycles. The highest BCUT2D eigenvalue weighted by atomic mass is 16.1. The molecule has 0 saturated carbocycles. The fourth-order valence-electron chi connectivity index (χ4n) is 3.55. The van der Waals surface area contributed by atoms with Crippen LogP contribution in [0.1, 0.15) is 21.5 Å². The molecule has 4 heteroatoms. The first-order valence-electron chi connectivity index (χ1n) is 10.9. The zero-order valence-electron chi connectivity index (χ0n) is 18.3. The summed E-state index contributed by atoms with van der Waals surface area (Å²) >= 11 is 0. The van der Waals surface area contributed by atoms with Gasteiger partial charge < -0.3 is 0 Å². The lowest BCUT2D eigenvalue weighted by atomic mass is 10.1. The average Bonchev–Trinajstić information content (AvgIpc) is 3.33. The summed E-state index contributed by atoms with van der Waals surface area (Å²) in [6.45, 7) is 0. The largest absolute Gasteiger partial charge is 0.292 e. The number of para-hydroxylation sites is 1. The van der Waals surface area contributed by atoms with E-state index < -0.39 is 0 Å². The van der Waals surface area contributed by atoms with Crippen LogP contribution in [-0.4, -0.2) is 15.5 Å². The van der Waals surface area contributed by atoms with Gasteiger partial charge in [0.1, 0.15) is 0 Å². The van der Waals surface area contributed by atoms with Gasteiger partial charge in [0, 0.05) is 34.1 Å². The molecular weight excluding hydrogens is 418 g/mol. The fourth-order valence-corrected chi connectivity index (χ4v) is 3.55. The number of amides is 1. The van der Waals surface area contributed by atoms with Gasteiger partial charge in [-0.2, -0.15) is 0 Å². The highest BCUT2D eigenvalue weighted by molar-refractivity contribution is 6.03. The molecule has 0 unspecified atom stereocenters. The maximum Gasteiger partial charge on any atom is 0.257 e. The van der Waals surface area contributed by atoms with Gasteiger partial charge in [-0.05, 0) is 48.5 Å². The van der Waals surface area contributed by atoms with Crippen molar-refractivity contribution in [3.63, 3.8) is 0 Å². The summed E-state index contributed by atoms with van der Waals surface area (Å²) in [5, 5.41) is 2.97. The lowest BCUT2D eigenvalue weighted by Gasteiger charge is -2.09. The summed E-state index contributed by atoms with van der Waals surface area (Å²) in [6.07, 6.45) is 1.93. The summed E-state index contributed by atoms with van der Waals surface area (Å²) in [7, 11) is 0. The van der Waals surface area contributed by atoms with Gasteiger partial charge >= 0.3 is 0 Å². The van der Waals surface area contributed by atoms with Crippen LogP contribution in [-0.2, 0) is 0 Å². The van der Waals surface area contributed by atoms with E-state index >= 15 is 0 Å². The minimum Gasteiger partial charge on any atom is -0.292 e. The van der Waals surface area contributed by atoms with Crippen molar-refractivity contribution in [3.05, 3.63) is 138 Å². The summed E-state index contributed by atoms with van der Waals surface area (Å²) < 4.78 is 1.89. The highest BCUT2D eigenvalue weighted by Crippen LogP contribution is 2.24. The number of rotatable bonds is 4. The average molecular weight is 440 g/mol. The van der Waals surface area contributed by atoms with Gasteiger partial charge in [0.25, 0.3) is 5.91 Å². The van der Waals surface area contributed by atoms with Crippen molar-refractivity contribution in [2.75, 3.05) is 5.32 Å². The molecule has 162 valence electrons. The van der Waals surface area contributed by atoms with Crippen molar-refractivity contribution >= 4 is 11.9 Å². The van der Waals surface area contributed by atoms with Crippen molar-refractivity contribution in [2.45, 2.75) is 0 Å². The maximum absolute atomic E-state index is 13.0. The molecular formula is C30H21N3O. The molecule has 0 radical (unpaired) electrons. The molecule has 1 N–H and O–H groups in total. The highest BCUT2D eigenvalue weighted by Gasteiger charge is 2.15. The zero-order valence-corrected chi connectivity index (χ0v) is 18.3. The first-order valence-corrected chi connectivity index (χ1v) is 10.9. The van der Waals surface area contributed by atoms with Crippen LogP contribution in [0.5, 0.6) is 0 Å². The number of carbonyl (C=O) groups excluding carboxylic acids is 1. The number of nitrogens with one attached hydrogen (secondary N) is 1. The van der Waals surface area contributed by atoms with Crippen molar-refractivity contribution < 1.29 is 4.79 Å². The predicted molar refractivity (Wildman–Crippen MR) is 136 cm³/mol. The van der Waals surface area contributed by atoms with Gasteiger partial charge in [-0.1, -0.05) is 78.6 Å². The van der Waals surface area contributed by atoms with E-state index in [0.29, 0.717) is 11.5 Å². The molecule has 5 rings (SSSR count). The molecule has 0 spiro atoms. The van der Waals surface area contributed by atoms with Crippen LogP contribution in [0.2, 0.25) is 0 Å². The van der Waals surface area contributed by atoms with Crippen molar-refractivity contribution in [2.24, 2.45) is 0 Å². The molecule has 0 fully saturated rings. The predicted octanol–water partition coefficient (Wildman–Crippen LogP) is 6.19. The Morgan fingerprint density at radius 2 is 1.24 bits per heavy atom. The molecule has 5 aromatic rings. The summed E-state index contributed by atoms with van der Waals surface area (Å²) in [5.41, 5.74) is 5.01. The van der Waals surface area contributed by atoms with Gasteiger partial charge in [-0.25, -0.2) is 4.98 Å². The Kier molecular flexibility index (Phi) is 6.00. The smallest absolute Gasteiger partial charge is 0.257 e. The van der Waals surface area contributed by atoms with E-state index in [1.807, 2.05) is 114 Å². The van der Waals surface area contributed by atoms with Gasteiger partial charge in [-0.3, -0.25) is 14.7 Å². The minimum absolute atomic E-state index is 0.232. The number of nitrogens with zero attached hydrogens (tertiary/aromatic N) is 2. The third-order valence-corrected chi connectivity index (χ3v) is 5.31. The molecule has 0 bridgehead atoms. The fraction of sp³-hybridized carbons (Fsp3) is 0. The molecule has 0 aliphatic heterocycles. The first-order chi connectivity index (χ1) is 16.8. The summed E-state index contributed by atoms with van der Waals surface area (Å²) in [6, 6.07) is 36.8. The number of carbonyl (C=O) groups is 1. The van der Waals surface area contributed by atoms with Gasteiger partial charge in [0.05, 0.1) is 5.69 Å². The van der Waals surface area contributed by atoms with Crippen LogP contribution >= 0.6 is 0 Å². The number of hydrogen-bond acceptors (Lipinski definition) is 2. The van der Waals surface area contributed by atoms with Crippen LogP contribution in [0.3, 0.4) is 0 Å². The van der Waals surface area contributed by atoms with E-state index in [2.05, 4.69) is 17.2 Å².